The summed E-state index contributed by atoms with van der Waals surface area (Å²) < 4.78 is 22.1. The fraction of sp³-hybridized carbons (Fsp3) is 0.778. The molecule has 1 heterocycles. The predicted octanol–water partition coefficient (Wildman–Crippen LogP) is 0.176. The van der Waals surface area contributed by atoms with Crippen molar-refractivity contribution in [3.63, 3.8) is 0 Å². The number of hydrogen-bond acceptors (Lipinski definition) is 3. The minimum atomic E-state index is -2.73. The molecule has 0 spiro atoms. The molecular formula is C9H15NO2S. The molecule has 0 aromatic heterocycles. The van der Waals surface area contributed by atoms with Crippen molar-refractivity contribution in [1.29, 1.82) is 0 Å². The first-order chi connectivity index (χ1) is 6.14. The van der Waals surface area contributed by atoms with Gasteiger partial charge in [0.1, 0.15) is 9.84 Å². The quantitative estimate of drug-likeness (QED) is 0.523. The van der Waals surface area contributed by atoms with Crippen LogP contribution in [0.15, 0.2) is 0 Å². The summed E-state index contributed by atoms with van der Waals surface area (Å²) in [6, 6.07) is 0.344. The molecule has 1 fully saturated rings. The van der Waals surface area contributed by atoms with E-state index in [1.165, 1.54) is 0 Å². The van der Waals surface area contributed by atoms with E-state index in [1.807, 2.05) is 0 Å². The molecule has 1 N–H and O–H groups in total. The second-order valence-electron chi connectivity index (χ2n) is 3.33. The Kier molecular flexibility index (Phi) is 3.76. The molecule has 4 heteroatoms. The molecule has 0 bridgehead atoms. The van der Waals surface area contributed by atoms with Crippen molar-refractivity contribution in [3.8, 4) is 12.3 Å². The Labute approximate surface area is 79.8 Å². The van der Waals surface area contributed by atoms with Crippen LogP contribution in [-0.4, -0.2) is 32.5 Å². The third-order valence-electron chi connectivity index (χ3n) is 2.26. The van der Waals surface area contributed by atoms with Crippen molar-refractivity contribution >= 4 is 9.84 Å². The Morgan fingerprint density at radius 2 is 2.00 bits per heavy atom. The van der Waals surface area contributed by atoms with E-state index in [9.17, 15) is 8.42 Å². The van der Waals surface area contributed by atoms with Gasteiger partial charge in [-0.15, -0.1) is 12.3 Å². The molecule has 1 aliphatic heterocycles. The van der Waals surface area contributed by atoms with Gasteiger partial charge in [0.05, 0.1) is 11.5 Å². The van der Waals surface area contributed by atoms with Gasteiger partial charge in [0.25, 0.3) is 0 Å². The summed E-state index contributed by atoms with van der Waals surface area (Å²) in [5.41, 5.74) is 0. The predicted molar refractivity (Wildman–Crippen MR) is 53.1 cm³/mol. The van der Waals surface area contributed by atoms with Crippen LogP contribution in [0.5, 0.6) is 0 Å². The second kappa shape index (κ2) is 4.64. The van der Waals surface area contributed by atoms with Crippen LogP contribution < -0.4 is 5.32 Å². The smallest absolute Gasteiger partial charge is 0.150 e. The van der Waals surface area contributed by atoms with Gasteiger partial charge in [0, 0.05) is 19.0 Å². The van der Waals surface area contributed by atoms with Crippen molar-refractivity contribution in [2.24, 2.45) is 0 Å². The minimum Gasteiger partial charge on any atom is -0.313 e. The number of hydrogen-bond donors (Lipinski definition) is 1. The molecule has 0 aromatic carbocycles. The Bertz CT molecular complexity index is 275. The highest BCUT2D eigenvalue weighted by molar-refractivity contribution is 7.91. The highest BCUT2D eigenvalue weighted by Gasteiger charge is 2.22. The lowest BCUT2D eigenvalue weighted by Gasteiger charge is -2.22. The third-order valence-corrected chi connectivity index (χ3v) is 3.97. The summed E-state index contributed by atoms with van der Waals surface area (Å²) in [7, 11) is -2.73. The standard InChI is InChI=1S/C9H15NO2S/c1-2-3-6-10-9-4-7-13(11,12)8-5-9/h1,9-10H,3-8H2. The molecule has 1 aliphatic rings. The van der Waals surface area contributed by atoms with E-state index < -0.39 is 9.84 Å². The van der Waals surface area contributed by atoms with Gasteiger partial charge < -0.3 is 5.32 Å². The van der Waals surface area contributed by atoms with Crippen molar-refractivity contribution in [2.75, 3.05) is 18.1 Å². The van der Waals surface area contributed by atoms with Gasteiger partial charge in [-0.1, -0.05) is 0 Å². The maximum absolute atomic E-state index is 11.1. The van der Waals surface area contributed by atoms with Crippen molar-refractivity contribution < 1.29 is 8.42 Å². The maximum Gasteiger partial charge on any atom is 0.150 e. The molecule has 0 atom stereocenters. The fourth-order valence-electron chi connectivity index (χ4n) is 1.44. The zero-order valence-corrected chi connectivity index (χ0v) is 8.44. The minimum absolute atomic E-state index is 0.320. The highest BCUT2D eigenvalue weighted by atomic mass is 32.2. The summed E-state index contributed by atoms with van der Waals surface area (Å²) in [5, 5.41) is 3.25. The molecule has 1 rings (SSSR count). The van der Waals surface area contributed by atoms with E-state index in [0.29, 0.717) is 24.0 Å². The zero-order chi connectivity index (χ0) is 9.73. The number of rotatable bonds is 3. The summed E-state index contributed by atoms with van der Waals surface area (Å²) >= 11 is 0. The molecule has 74 valence electrons. The monoisotopic (exact) mass is 201 g/mol. The second-order valence-corrected chi connectivity index (χ2v) is 5.64. The molecule has 0 radical (unpaired) electrons. The van der Waals surface area contributed by atoms with Crippen LogP contribution in [0.3, 0.4) is 0 Å². The molecular weight excluding hydrogens is 186 g/mol. The molecule has 0 aromatic rings. The first-order valence-electron chi connectivity index (χ1n) is 4.51. The van der Waals surface area contributed by atoms with Crippen LogP contribution in [0.4, 0.5) is 0 Å². The van der Waals surface area contributed by atoms with Crippen LogP contribution >= 0.6 is 0 Å². The Morgan fingerprint density at radius 3 is 2.54 bits per heavy atom. The molecule has 0 saturated carbocycles. The Balaban J connectivity index is 2.22. The van der Waals surface area contributed by atoms with Crippen LogP contribution in [0, 0.1) is 12.3 Å². The molecule has 3 nitrogen and oxygen atoms in total. The first kappa shape index (κ1) is 10.6. The molecule has 1 saturated heterocycles. The van der Waals surface area contributed by atoms with E-state index in [1.54, 1.807) is 0 Å². The lowest BCUT2D eigenvalue weighted by Crippen LogP contribution is -2.37. The summed E-state index contributed by atoms with van der Waals surface area (Å²) in [4.78, 5) is 0. The summed E-state index contributed by atoms with van der Waals surface area (Å²) in [5.74, 6) is 3.18. The summed E-state index contributed by atoms with van der Waals surface area (Å²) in [6.45, 7) is 0.793. The number of nitrogens with one attached hydrogen (secondary N) is 1. The van der Waals surface area contributed by atoms with E-state index in [2.05, 4.69) is 11.2 Å². The van der Waals surface area contributed by atoms with Gasteiger partial charge in [-0.05, 0) is 12.8 Å². The van der Waals surface area contributed by atoms with Crippen LogP contribution in [0.1, 0.15) is 19.3 Å². The van der Waals surface area contributed by atoms with Crippen molar-refractivity contribution in [3.05, 3.63) is 0 Å². The number of sulfone groups is 1. The van der Waals surface area contributed by atoms with Gasteiger partial charge in [0.2, 0.25) is 0 Å². The van der Waals surface area contributed by atoms with Gasteiger partial charge in [-0.2, -0.15) is 0 Å². The van der Waals surface area contributed by atoms with Crippen molar-refractivity contribution in [1.82, 2.24) is 5.32 Å². The van der Waals surface area contributed by atoms with Gasteiger partial charge in [-0.25, -0.2) is 8.42 Å². The SMILES string of the molecule is C#CCCNC1CCS(=O)(=O)CC1. The zero-order valence-electron chi connectivity index (χ0n) is 7.62. The van der Waals surface area contributed by atoms with Crippen LogP contribution in [-0.2, 0) is 9.84 Å². The average molecular weight is 201 g/mol. The van der Waals surface area contributed by atoms with Crippen LogP contribution in [0.25, 0.3) is 0 Å². The molecule has 0 unspecified atom stereocenters. The van der Waals surface area contributed by atoms with E-state index in [-0.39, 0.29) is 0 Å². The molecule has 0 aliphatic carbocycles. The van der Waals surface area contributed by atoms with E-state index in [4.69, 9.17) is 6.42 Å². The largest absolute Gasteiger partial charge is 0.313 e. The van der Waals surface area contributed by atoms with E-state index in [0.717, 1.165) is 19.4 Å². The third kappa shape index (κ3) is 3.79. The average Bonchev–Trinajstić information content (AvgIpc) is 2.08. The van der Waals surface area contributed by atoms with Gasteiger partial charge >= 0.3 is 0 Å². The number of terminal acetylenes is 1. The molecule has 13 heavy (non-hydrogen) atoms. The Hall–Kier alpha value is -0.530. The van der Waals surface area contributed by atoms with Crippen molar-refractivity contribution in [2.45, 2.75) is 25.3 Å². The molecule has 0 amide bonds. The Morgan fingerprint density at radius 1 is 1.38 bits per heavy atom. The lowest BCUT2D eigenvalue weighted by atomic mass is 10.1. The van der Waals surface area contributed by atoms with Gasteiger partial charge in [0.15, 0.2) is 0 Å². The topological polar surface area (TPSA) is 46.2 Å². The fourth-order valence-corrected chi connectivity index (χ4v) is 2.93. The van der Waals surface area contributed by atoms with E-state index >= 15 is 0 Å². The highest BCUT2D eigenvalue weighted by Crippen LogP contribution is 2.11. The first-order valence-corrected chi connectivity index (χ1v) is 6.33. The maximum atomic E-state index is 11.1. The summed E-state index contributed by atoms with van der Waals surface area (Å²) in [6.07, 6.45) is 7.27. The van der Waals surface area contributed by atoms with Crippen LogP contribution in [0.2, 0.25) is 0 Å². The van der Waals surface area contributed by atoms with Gasteiger partial charge in [-0.3, -0.25) is 0 Å². The normalized spacial score (nSPS) is 22.4. The lowest BCUT2D eigenvalue weighted by molar-refractivity contribution is 0.469.